The third kappa shape index (κ3) is 4.82. The maximum absolute atomic E-state index is 12.0. The normalized spacial score (nSPS) is 21.3. The molecule has 9 heteroatoms. The monoisotopic (exact) mass is 408 g/mol. The second kappa shape index (κ2) is 8.33. The number of hydrogen-bond acceptors (Lipinski definition) is 6. The Labute approximate surface area is 167 Å². The number of thioether (sulfide) groups is 1. The quantitative estimate of drug-likeness (QED) is 0.724. The van der Waals surface area contributed by atoms with E-state index in [4.69, 9.17) is 11.6 Å². The van der Waals surface area contributed by atoms with Crippen LogP contribution in [0, 0.1) is 0 Å². The minimum atomic E-state index is -0.397. The molecule has 0 aliphatic carbocycles. The number of halogens is 1. The first-order valence-electron chi connectivity index (χ1n) is 8.56. The highest BCUT2D eigenvalue weighted by Crippen LogP contribution is 2.36. The Bertz CT molecular complexity index is 812. The number of para-hydroxylation sites is 1. The van der Waals surface area contributed by atoms with Crippen molar-refractivity contribution in [2.24, 2.45) is 0 Å². The standard InChI is InChI=1S/C18H21ClN4O3S/c1-22(2)10-15(24)20-12-6-7-23(9-12)16-11(4-3-5-13(16)19)8-14-17(25)21-18(26)27-14/h3-5,8,12H,6-7,9-10H2,1-2H3,(H,20,24)(H,21,25,26)/t12-/m0/s1. The van der Waals surface area contributed by atoms with Gasteiger partial charge >= 0.3 is 0 Å². The Morgan fingerprint density at radius 3 is 2.89 bits per heavy atom. The number of carbonyl (C=O) groups is 3. The molecule has 2 saturated heterocycles. The number of nitrogens with one attached hydrogen (secondary N) is 2. The summed E-state index contributed by atoms with van der Waals surface area (Å²) in [5.41, 5.74) is 1.58. The van der Waals surface area contributed by atoms with E-state index in [2.05, 4.69) is 15.5 Å². The van der Waals surface area contributed by atoms with Crippen LogP contribution >= 0.6 is 23.4 Å². The van der Waals surface area contributed by atoms with Crippen LogP contribution in [0.3, 0.4) is 0 Å². The fourth-order valence-corrected chi connectivity index (χ4v) is 4.16. The Kier molecular flexibility index (Phi) is 6.08. The number of amides is 3. The summed E-state index contributed by atoms with van der Waals surface area (Å²) in [4.78, 5) is 39.5. The van der Waals surface area contributed by atoms with Gasteiger partial charge in [0, 0.05) is 24.7 Å². The van der Waals surface area contributed by atoms with Gasteiger partial charge in [-0.3, -0.25) is 19.7 Å². The molecule has 0 unspecified atom stereocenters. The van der Waals surface area contributed by atoms with Gasteiger partial charge in [-0.25, -0.2) is 0 Å². The largest absolute Gasteiger partial charge is 0.368 e. The summed E-state index contributed by atoms with van der Waals surface area (Å²) in [6, 6.07) is 5.51. The Balaban J connectivity index is 1.77. The number of hydrogen-bond donors (Lipinski definition) is 2. The molecular weight excluding hydrogens is 388 g/mol. The van der Waals surface area contributed by atoms with E-state index in [1.54, 1.807) is 12.1 Å². The van der Waals surface area contributed by atoms with Gasteiger partial charge in [0.05, 0.1) is 22.2 Å². The minimum absolute atomic E-state index is 0.00844. The predicted octanol–water partition coefficient (Wildman–Crippen LogP) is 1.92. The first-order chi connectivity index (χ1) is 12.8. The van der Waals surface area contributed by atoms with Crippen molar-refractivity contribution in [3.05, 3.63) is 33.7 Å². The highest BCUT2D eigenvalue weighted by molar-refractivity contribution is 8.18. The van der Waals surface area contributed by atoms with Gasteiger partial charge in [-0.2, -0.15) is 0 Å². The maximum atomic E-state index is 12.0. The van der Waals surface area contributed by atoms with Crippen LogP contribution < -0.4 is 15.5 Å². The number of anilines is 1. The summed E-state index contributed by atoms with van der Waals surface area (Å²) in [7, 11) is 3.71. The number of benzene rings is 1. The van der Waals surface area contributed by atoms with Crippen LogP contribution in [0.5, 0.6) is 0 Å². The molecule has 1 atom stereocenters. The Hall–Kier alpha value is -2.03. The summed E-state index contributed by atoms with van der Waals surface area (Å²) < 4.78 is 0. The average molecular weight is 409 g/mol. The molecule has 0 radical (unpaired) electrons. The summed E-state index contributed by atoms with van der Waals surface area (Å²) >= 11 is 7.32. The van der Waals surface area contributed by atoms with E-state index in [0.717, 1.165) is 36.0 Å². The third-order valence-electron chi connectivity index (χ3n) is 4.28. The van der Waals surface area contributed by atoms with Crippen molar-refractivity contribution in [2.75, 3.05) is 38.6 Å². The van der Waals surface area contributed by atoms with E-state index in [9.17, 15) is 14.4 Å². The second-order valence-electron chi connectivity index (χ2n) is 6.77. The van der Waals surface area contributed by atoms with Crippen molar-refractivity contribution >= 4 is 52.2 Å². The highest BCUT2D eigenvalue weighted by atomic mass is 35.5. The van der Waals surface area contributed by atoms with Crippen molar-refractivity contribution in [1.82, 2.24) is 15.5 Å². The Morgan fingerprint density at radius 2 is 2.22 bits per heavy atom. The van der Waals surface area contributed by atoms with Gasteiger partial charge < -0.3 is 15.1 Å². The fourth-order valence-electron chi connectivity index (χ4n) is 3.19. The zero-order valence-electron chi connectivity index (χ0n) is 15.1. The van der Waals surface area contributed by atoms with Crippen LogP contribution in [0.4, 0.5) is 10.5 Å². The zero-order valence-corrected chi connectivity index (χ0v) is 16.7. The van der Waals surface area contributed by atoms with Crippen molar-refractivity contribution in [1.29, 1.82) is 0 Å². The molecule has 7 nitrogen and oxygen atoms in total. The molecule has 2 fully saturated rings. The van der Waals surface area contributed by atoms with Gasteiger partial charge in [0.15, 0.2) is 0 Å². The van der Waals surface area contributed by atoms with E-state index < -0.39 is 5.91 Å². The molecule has 0 spiro atoms. The number of carbonyl (C=O) groups excluding carboxylic acids is 3. The lowest BCUT2D eigenvalue weighted by Crippen LogP contribution is -2.41. The minimum Gasteiger partial charge on any atom is -0.368 e. The SMILES string of the molecule is CN(C)CC(=O)N[C@H]1CCN(c2c(Cl)cccc2C=C2SC(=O)NC2=O)C1. The van der Waals surface area contributed by atoms with E-state index in [1.165, 1.54) is 0 Å². The van der Waals surface area contributed by atoms with Gasteiger partial charge in [-0.15, -0.1) is 0 Å². The molecule has 0 aromatic heterocycles. The molecule has 144 valence electrons. The molecule has 3 rings (SSSR count). The van der Waals surface area contributed by atoms with Crippen molar-refractivity contribution < 1.29 is 14.4 Å². The number of likely N-dealkylation sites (N-methyl/N-ethyl adjacent to an activating group) is 1. The third-order valence-corrected chi connectivity index (χ3v) is 5.39. The van der Waals surface area contributed by atoms with Crippen molar-refractivity contribution in [2.45, 2.75) is 12.5 Å². The molecular formula is C18H21ClN4O3S. The van der Waals surface area contributed by atoms with Gasteiger partial charge in [0.25, 0.3) is 11.1 Å². The van der Waals surface area contributed by atoms with Gasteiger partial charge in [0.2, 0.25) is 5.91 Å². The number of imide groups is 1. The maximum Gasteiger partial charge on any atom is 0.290 e. The summed E-state index contributed by atoms with van der Waals surface area (Å²) in [6.45, 7) is 1.72. The molecule has 1 aromatic rings. The van der Waals surface area contributed by atoms with E-state index in [0.29, 0.717) is 23.0 Å². The van der Waals surface area contributed by atoms with Crippen LogP contribution in [0.15, 0.2) is 23.1 Å². The van der Waals surface area contributed by atoms with Gasteiger partial charge in [-0.05, 0) is 44.4 Å². The molecule has 2 heterocycles. The van der Waals surface area contributed by atoms with Crippen LogP contribution in [0.25, 0.3) is 6.08 Å². The average Bonchev–Trinajstić information content (AvgIpc) is 3.13. The summed E-state index contributed by atoms with van der Waals surface area (Å²) in [6.07, 6.45) is 2.50. The van der Waals surface area contributed by atoms with Crippen molar-refractivity contribution in [3.63, 3.8) is 0 Å². The van der Waals surface area contributed by atoms with Crippen LogP contribution in [-0.2, 0) is 9.59 Å². The lowest BCUT2D eigenvalue weighted by molar-refractivity contribution is -0.122. The molecule has 2 aliphatic rings. The van der Waals surface area contributed by atoms with E-state index >= 15 is 0 Å². The van der Waals surface area contributed by atoms with Crippen LogP contribution in [-0.4, -0.2) is 61.7 Å². The Morgan fingerprint density at radius 1 is 1.44 bits per heavy atom. The first kappa shape index (κ1) is 19.7. The second-order valence-corrected chi connectivity index (χ2v) is 8.19. The highest BCUT2D eigenvalue weighted by Gasteiger charge is 2.29. The molecule has 2 aliphatic heterocycles. The van der Waals surface area contributed by atoms with Crippen LogP contribution in [0.2, 0.25) is 5.02 Å². The van der Waals surface area contributed by atoms with Crippen molar-refractivity contribution in [3.8, 4) is 0 Å². The summed E-state index contributed by atoms with van der Waals surface area (Å²) in [5, 5.41) is 5.49. The molecule has 27 heavy (non-hydrogen) atoms. The zero-order chi connectivity index (χ0) is 19.6. The van der Waals surface area contributed by atoms with Gasteiger partial charge in [0.1, 0.15) is 0 Å². The molecule has 1 aromatic carbocycles. The molecule has 0 bridgehead atoms. The van der Waals surface area contributed by atoms with Crippen LogP contribution in [0.1, 0.15) is 12.0 Å². The number of nitrogens with zero attached hydrogens (tertiary/aromatic N) is 2. The van der Waals surface area contributed by atoms with Gasteiger partial charge in [-0.1, -0.05) is 23.7 Å². The number of rotatable bonds is 5. The molecule has 0 saturated carbocycles. The lowest BCUT2D eigenvalue weighted by atomic mass is 10.1. The molecule has 3 amide bonds. The molecule has 2 N–H and O–H groups in total. The summed E-state index contributed by atoms with van der Waals surface area (Å²) in [5.74, 6) is -0.405. The lowest BCUT2D eigenvalue weighted by Gasteiger charge is -2.23. The fraction of sp³-hybridized carbons (Fsp3) is 0.389. The smallest absolute Gasteiger partial charge is 0.290 e. The first-order valence-corrected chi connectivity index (χ1v) is 9.75. The van der Waals surface area contributed by atoms with E-state index in [1.807, 2.05) is 31.1 Å². The predicted molar refractivity (Wildman–Crippen MR) is 108 cm³/mol. The van der Waals surface area contributed by atoms with E-state index in [-0.39, 0.29) is 17.2 Å². The topological polar surface area (TPSA) is 81.8 Å².